The minimum atomic E-state index is -4.14. The summed E-state index contributed by atoms with van der Waals surface area (Å²) in [6, 6.07) is -0.157. The molecule has 0 amide bonds. The van der Waals surface area contributed by atoms with E-state index in [9.17, 15) is 18.0 Å². The van der Waals surface area contributed by atoms with Crippen molar-refractivity contribution < 1.29 is 23.1 Å². The van der Waals surface area contributed by atoms with Crippen LogP contribution in [0.1, 0.15) is 25.7 Å². The van der Waals surface area contributed by atoms with E-state index in [-0.39, 0.29) is 32.0 Å². The molecular formula is C12H16F3NO2. The first-order chi connectivity index (χ1) is 8.34. The summed E-state index contributed by atoms with van der Waals surface area (Å²) >= 11 is 0. The summed E-state index contributed by atoms with van der Waals surface area (Å²) in [5, 5.41) is 8.73. The van der Waals surface area contributed by atoms with Gasteiger partial charge in [-0.05, 0) is 25.7 Å². The maximum absolute atomic E-state index is 12.5. The number of carboxylic acid groups (broad SMARTS) is 1. The maximum atomic E-state index is 12.5. The molecule has 1 saturated carbocycles. The van der Waals surface area contributed by atoms with E-state index in [1.54, 1.807) is 4.90 Å². The van der Waals surface area contributed by atoms with E-state index in [2.05, 4.69) is 5.92 Å². The molecule has 0 aromatic heterocycles. The molecule has 1 rings (SSSR count). The zero-order valence-corrected chi connectivity index (χ0v) is 9.91. The smallest absolute Gasteiger partial charge is 0.391 e. The van der Waals surface area contributed by atoms with E-state index in [0.717, 1.165) is 0 Å². The molecule has 18 heavy (non-hydrogen) atoms. The van der Waals surface area contributed by atoms with Gasteiger partial charge in [0.15, 0.2) is 0 Å². The number of carbonyl (C=O) groups is 1. The third-order valence-corrected chi connectivity index (χ3v) is 3.31. The van der Waals surface area contributed by atoms with Crippen LogP contribution in [0.5, 0.6) is 0 Å². The van der Waals surface area contributed by atoms with Crippen LogP contribution < -0.4 is 0 Å². The Kier molecular flexibility index (Phi) is 5.03. The van der Waals surface area contributed by atoms with Crippen LogP contribution in [0.2, 0.25) is 0 Å². The molecule has 102 valence electrons. The fourth-order valence-electron chi connectivity index (χ4n) is 2.37. The molecule has 0 aromatic rings. The molecule has 3 nitrogen and oxygen atoms in total. The van der Waals surface area contributed by atoms with Crippen molar-refractivity contribution >= 4 is 5.97 Å². The molecule has 0 heterocycles. The molecule has 0 spiro atoms. The first-order valence-electron chi connectivity index (χ1n) is 5.80. The second-order valence-electron chi connectivity index (χ2n) is 4.55. The van der Waals surface area contributed by atoms with Crippen molar-refractivity contribution in [1.29, 1.82) is 0 Å². The summed E-state index contributed by atoms with van der Waals surface area (Å²) in [6.45, 7) is -0.0563. The van der Waals surface area contributed by atoms with Crippen molar-refractivity contribution in [2.75, 3.05) is 13.1 Å². The second-order valence-corrected chi connectivity index (χ2v) is 4.55. The molecule has 0 radical (unpaired) electrons. The predicted molar refractivity (Wildman–Crippen MR) is 59.8 cm³/mol. The van der Waals surface area contributed by atoms with Crippen LogP contribution >= 0.6 is 0 Å². The first-order valence-corrected chi connectivity index (χ1v) is 5.80. The Morgan fingerprint density at radius 3 is 2.28 bits per heavy atom. The van der Waals surface area contributed by atoms with Crippen molar-refractivity contribution in [3.63, 3.8) is 0 Å². The average molecular weight is 263 g/mol. The number of aliphatic carboxylic acids is 1. The van der Waals surface area contributed by atoms with Crippen LogP contribution in [0.4, 0.5) is 13.2 Å². The monoisotopic (exact) mass is 263 g/mol. The number of nitrogens with zero attached hydrogens (tertiary/aromatic N) is 1. The van der Waals surface area contributed by atoms with Crippen LogP contribution in [0.15, 0.2) is 0 Å². The molecular weight excluding hydrogens is 247 g/mol. The lowest BCUT2D eigenvalue weighted by atomic mass is 9.85. The van der Waals surface area contributed by atoms with Gasteiger partial charge in [-0.15, -0.1) is 6.42 Å². The number of halogens is 3. The fraction of sp³-hybridized carbons (Fsp3) is 0.750. The normalized spacial score (nSPS) is 24.8. The Hall–Kier alpha value is -1.22. The van der Waals surface area contributed by atoms with Crippen LogP contribution in [-0.2, 0) is 4.79 Å². The van der Waals surface area contributed by atoms with E-state index in [1.807, 2.05) is 0 Å². The van der Waals surface area contributed by atoms with Crippen molar-refractivity contribution in [3.05, 3.63) is 0 Å². The summed E-state index contributed by atoms with van der Waals surface area (Å²) in [4.78, 5) is 12.2. The Morgan fingerprint density at radius 1 is 1.33 bits per heavy atom. The number of alkyl halides is 3. The zero-order chi connectivity index (χ0) is 13.8. The molecule has 1 aliphatic carbocycles. The third kappa shape index (κ3) is 4.22. The second kappa shape index (κ2) is 6.10. The van der Waals surface area contributed by atoms with E-state index in [1.165, 1.54) is 0 Å². The summed E-state index contributed by atoms with van der Waals surface area (Å²) in [7, 11) is 0. The SMILES string of the molecule is C#CCN(CC(=O)O)C1CCC(C(F)(F)F)CC1. The Bertz CT molecular complexity index is 327. The number of hydrogen-bond acceptors (Lipinski definition) is 2. The van der Waals surface area contributed by atoms with Crippen molar-refractivity contribution in [1.82, 2.24) is 4.90 Å². The van der Waals surface area contributed by atoms with E-state index < -0.39 is 18.1 Å². The Labute approximate surface area is 104 Å². The van der Waals surface area contributed by atoms with Crippen LogP contribution in [-0.4, -0.2) is 41.3 Å². The van der Waals surface area contributed by atoms with Gasteiger partial charge in [-0.1, -0.05) is 5.92 Å². The predicted octanol–water partition coefficient (Wildman–Crippen LogP) is 2.13. The molecule has 6 heteroatoms. The van der Waals surface area contributed by atoms with Gasteiger partial charge < -0.3 is 5.11 Å². The third-order valence-electron chi connectivity index (χ3n) is 3.31. The lowest BCUT2D eigenvalue weighted by Crippen LogP contribution is -2.43. The Morgan fingerprint density at radius 2 is 1.89 bits per heavy atom. The highest BCUT2D eigenvalue weighted by Gasteiger charge is 2.42. The molecule has 0 bridgehead atoms. The standard InChI is InChI=1S/C12H16F3NO2/c1-2-7-16(8-11(17)18)10-5-3-9(4-6-10)12(13,14)15/h1,9-10H,3-8H2,(H,17,18). The molecule has 1 N–H and O–H groups in total. The van der Waals surface area contributed by atoms with Gasteiger partial charge in [0.1, 0.15) is 0 Å². The highest BCUT2D eigenvalue weighted by molar-refractivity contribution is 5.69. The van der Waals surface area contributed by atoms with Gasteiger partial charge in [0, 0.05) is 6.04 Å². The molecule has 0 aromatic carbocycles. The van der Waals surface area contributed by atoms with E-state index in [0.29, 0.717) is 12.8 Å². The number of hydrogen-bond donors (Lipinski definition) is 1. The van der Waals surface area contributed by atoms with Crippen molar-refractivity contribution in [2.24, 2.45) is 5.92 Å². The van der Waals surface area contributed by atoms with Crippen molar-refractivity contribution in [3.8, 4) is 12.3 Å². The summed E-state index contributed by atoms with van der Waals surface area (Å²) in [5.41, 5.74) is 0. The minimum absolute atomic E-state index is 0.0505. The zero-order valence-electron chi connectivity index (χ0n) is 9.91. The van der Waals surface area contributed by atoms with Gasteiger partial charge in [0.05, 0.1) is 19.0 Å². The van der Waals surface area contributed by atoms with Gasteiger partial charge >= 0.3 is 12.1 Å². The van der Waals surface area contributed by atoms with Crippen molar-refractivity contribution in [2.45, 2.75) is 37.9 Å². The van der Waals surface area contributed by atoms with Gasteiger partial charge in [-0.25, -0.2) is 0 Å². The Balaban J connectivity index is 2.54. The highest BCUT2D eigenvalue weighted by atomic mass is 19.4. The fourth-order valence-corrected chi connectivity index (χ4v) is 2.37. The molecule has 1 fully saturated rings. The topological polar surface area (TPSA) is 40.5 Å². The quantitative estimate of drug-likeness (QED) is 0.790. The van der Waals surface area contributed by atoms with Gasteiger partial charge in [0.25, 0.3) is 0 Å². The van der Waals surface area contributed by atoms with E-state index >= 15 is 0 Å². The molecule has 0 saturated heterocycles. The van der Waals surface area contributed by atoms with Gasteiger partial charge in [0.2, 0.25) is 0 Å². The van der Waals surface area contributed by atoms with E-state index in [4.69, 9.17) is 11.5 Å². The number of rotatable bonds is 4. The number of carboxylic acids is 1. The maximum Gasteiger partial charge on any atom is 0.391 e. The van der Waals surface area contributed by atoms with Crippen LogP contribution in [0.3, 0.4) is 0 Å². The summed E-state index contributed by atoms with van der Waals surface area (Å²) < 4.78 is 37.5. The molecule has 0 atom stereocenters. The summed E-state index contributed by atoms with van der Waals surface area (Å²) in [5.74, 6) is 0.0833. The van der Waals surface area contributed by atoms with Gasteiger partial charge in [-0.2, -0.15) is 13.2 Å². The first kappa shape index (κ1) is 14.8. The highest BCUT2D eigenvalue weighted by Crippen LogP contribution is 2.38. The van der Waals surface area contributed by atoms with Crippen LogP contribution in [0, 0.1) is 18.3 Å². The lowest BCUT2D eigenvalue weighted by Gasteiger charge is -2.35. The van der Waals surface area contributed by atoms with Gasteiger partial charge in [-0.3, -0.25) is 9.69 Å². The average Bonchev–Trinajstić information content (AvgIpc) is 2.27. The van der Waals surface area contributed by atoms with Crippen LogP contribution in [0.25, 0.3) is 0 Å². The molecule has 0 unspecified atom stereocenters. The minimum Gasteiger partial charge on any atom is -0.480 e. The molecule has 0 aliphatic heterocycles. The lowest BCUT2D eigenvalue weighted by molar-refractivity contribution is -0.184. The largest absolute Gasteiger partial charge is 0.480 e. The molecule has 1 aliphatic rings. The summed E-state index contributed by atoms with van der Waals surface area (Å²) in [6.07, 6.45) is 1.79. The number of terminal acetylenes is 1.